The van der Waals surface area contributed by atoms with Gasteiger partial charge >= 0.3 is 0 Å². The fraction of sp³-hybridized carbons (Fsp3) is 0.778. The lowest BCUT2D eigenvalue weighted by atomic mass is 9.96. The number of nitrogens with two attached hydrogens (primary N) is 1. The van der Waals surface area contributed by atoms with E-state index < -0.39 is 9.84 Å². The average Bonchev–Trinajstić information content (AvgIpc) is 2.48. The standard InChI is InChI=1S/C9H18N2O2S/c1-2-3-4-9(11-10)8-5-6-14(12,13)7-8/h2,8-9,11H,1,3-7,10H2. The van der Waals surface area contributed by atoms with Crippen molar-refractivity contribution in [3.05, 3.63) is 12.7 Å². The lowest BCUT2D eigenvalue weighted by molar-refractivity contribution is 0.369. The van der Waals surface area contributed by atoms with E-state index in [0.717, 1.165) is 19.3 Å². The first-order chi connectivity index (χ1) is 6.59. The Morgan fingerprint density at radius 3 is 2.79 bits per heavy atom. The fourth-order valence-corrected chi connectivity index (χ4v) is 3.77. The Morgan fingerprint density at radius 2 is 2.36 bits per heavy atom. The third-order valence-electron chi connectivity index (χ3n) is 2.73. The largest absolute Gasteiger partial charge is 0.271 e. The highest BCUT2D eigenvalue weighted by Gasteiger charge is 2.32. The summed E-state index contributed by atoms with van der Waals surface area (Å²) in [5.74, 6) is 6.16. The highest BCUT2D eigenvalue weighted by Crippen LogP contribution is 2.23. The van der Waals surface area contributed by atoms with Gasteiger partial charge in [-0.15, -0.1) is 6.58 Å². The zero-order chi connectivity index (χ0) is 10.6. The molecule has 1 saturated heterocycles. The Balaban J connectivity index is 2.50. The molecule has 0 aliphatic carbocycles. The van der Waals surface area contributed by atoms with Gasteiger partial charge in [-0.05, 0) is 25.2 Å². The second-order valence-electron chi connectivity index (χ2n) is 3.80. The number of hydrogen-bond acceptors (Lipinski definition) is 4. The molecule has 0 amide bonds. The van der Waals surface area contributed by atoms with Crippen LogP contribution in [0.1, 0.15) is 19.3 Å². The summed E-state index contributed by atoms with van der Waals surface area (Å²) in [5, 5.41) is 0. The van der Waals surface area contributed by atoms with Crippen LogP contribution in [-0.2, 0) is 9.84 Å². The highest BCUT2D eigenvalue weighted by atomic mass is 32.2. The van der Waals surface area contributed by atoms with Gasteiger partial charge in [-0.2, -0.15) is 0 Å². The Hall–Kier alpha value is -0.390. The van der Waals surface area contributed by atoms with Gasteiger partial charge in [0, 0.05) is 6.04 Å². The highest BCUT2D eigenvalue weighted by molar-refractivity contribution is 7.91. The van der Waals surface area contributed by atoms with Crippen LogP contribution in [0, 0.1) is 5.92 Å². The summed E-state index contributed by atoms with van der Waals surface area (Å²) in [4.78, 5) is 0. The zero-order valence-corrected chi connectivity index (χ0v) is 9.09. The Kier molecular flexibility index (Phi) is 4.10. The second kappa shape index (κ2) is 4.91. The van der Waals surface area contributed by atoms with E-state index in [0.29, 0.717) is 5.75 Å². The smallest absolute Gasteiger partial charge is 0.150 e. The molecule has 0 bridgehead atoms. The monoisotopic (exact) mass is 218 g/mol. The van der Waals surface area contributed by atoms with E-state index in [2.05, 4.69) is 12.0 Å². The maximum Gasteiger partial charge on any atom is 0.150 e. The maximum absolute atomic E-state index is 11.2. The number of nitrogens with one attached hydrogen (secondary N) is 1. The van der Waals surface area contributed by atoms with E-state index in [-0.39, 0.29) is 17.7 Å². The lowest BCUT2D eigenvalue weighted by Gasteiger charge is -2.20. The molecular weight excluding hydrogens is 200 g/mol. The molecule has 1 rings (SSSR count). The fourth-order valence-electron chi connectivity index (χ4n) is 1.89. The van der Waals surface area contributed by atoms with Gasteiger partial charge in [0.25, 0.3) is 0 Å². The van der Waals surface area contributed by atoms with Crippen molar-refractivity contribution >= 4 is 9.84 Å². The quantitative estimate of drug-likeness (QED) is 0.393. The number of sulfone groups is 1. The van der Waals surface area contributed by atoms with E-state index in [9.17, 15) is 8.42 Å². The van der Waals surface area contributed by atoms with Crippen LogP contribution < -0.4 is 11.3 Å². The van der Waals surface area contributed by atoms with Gasteiger partial charge in [0.15, 0.2) is 9.84 Å². The third-order valence-corrected chi connectivity index (χ3v) is 4.53. The number of hydrogen-bond donors (Lipinski definition) is 2. The van der Waals surface area contributed by atoms with Gasteiger partial charge < -0.3 is 0 Å². The molecule has 1 aliphatic heterocycles. The predicted octanol–water partition coefficient (Wildman–Crippen LogP) is 0.219. The predicted molar refractivity (Wildman–Crippen MR) is 57.3 cm³/mol. The van der Waals surface area contributed by atoms with Crippen molar-refractivity contribution in [2.75, 3.05) is 11.5 Å². The molecule has 82 valence electrons. The summed E-state index contributed by atoms with van der Waals surface area (Å²) >= 11 is 0. The number of hydrazine groups is 1. The molecule has 1 aliphatic rings. The summed E-state index contributed by atoms with van der Waals surface area (Å²) in [7, 11) is -2.80. The van der Waals surface area contributed by atoms with Crippen molar-refractivity contribution in [2.24, 2.45) is 11.8 Å². The van der Waals surface area contributed by atoms with E-state index in [1.807, 2.05) is 6.08 Å². The average molecular weight is 218 g/mol. The van der Waals surface area contributed by atoms with Crippen LogP contribution in [0.5, 0.6) is 0 Å². The van der Waals surface area contributed by atoms with Crippen LogP contribution in [0.25, 0.3) is 0 Å². The van der Waals surface area contributed by atoms with Crippen LogP contribution >= 0.6 is 0 Å². The summed E-state index contributed by atoms with van der Waals surface area (Å²) < 4.78 is 22.5. The minimum Gasteiger partial charge on any atom is -0.271 e. The molecule has 4 nitrogen and oxygen atoms in total. The van der Waals surface area contributed by atoms with Gasteiger partial charge in [0.2, 0.25) is 0 Å². The molecule has 1 heterocycles. The number of rotatable bonds is 5. The minimum absolute atomic E-state index is 0.102. The summed E-state index contributed by atoms with van der Waals surface area (Å²) in [6.07, 6.45) is 4.29. The maximum atomic E-state index is 11.2. The lowest BCUT2D eigenvalue weighted by Crippen LogP contribution is -2.41. The Labute approximate surface area is 85.4 Å². The van der Waals surface area contributed by atoms with E-state index >= 15 is 0 Å². The van der Waals surface area contributed by atoms with Crippen molar-refractivity contribution in [3.63, 3.8) is 0 Å². The second-order valence-corrected chi connectivity index (χ2v) is 6.03. The Bertz CT molecular complexity index is 287. The van der Waals surface area contributed by atoms with Crippen LogP contribution in [0.4, 0.5) is 0 Å². The minimum atomic E-state index is -2.80. The topological polar surface area (TPSA) is 72.2 Å². The van der Waals surface area contributed by atoms with E-state index in [1.54, 1.807) is 0 Å². The first-order valence-electron chi connectivity index (χ1n) is 4.86. The van der Waals surface area contributed by atoms with Crippen LogP contribution in [0.2, 0.25) is 0 Å². The molecular formula is C9H18N2O2S. The molecule has 5 heteroatoms. The zero-order valence-electron chi connectivity index (χ0n) is 8.28. The molecule has 0 spiro atoms. The van der Waals surface area contributed by atoms with Crippen molar-refractivity contribution in [3.8, 4) is 0 Å². The van der Waals surface area contributed by atoms with Crippen LogP contribution in [0.15, 0.2) is 12.7 Å². The SMILES string of the molecule is C=CCCC(NN)C1CCS(=O)(=O)C1. The molecule has 0 aromatic rings. The van der Waals surface area contributed by atoms with Crippen molar-refractivity contribution < 1.29 is 8.42 Å². The van der Waals surface area contributed by atoms with Crippen molar-refractivity contribution in [2.45, 2.75) is 25.3 Å². The first-order valence-corrected chi connectivity index (χ1v) is 6.68. The van der Waals surface area contributed by atoms with E-state index in [1.165, 1.54) is 0 Å². The first kappa shape index (κ1) is 11.7. The van der Waals surface area contributed by atoms with Crippen molar-refractivity contribution in [1.82, 2.24) is 5.43 Å². The van der Waals surface area contributed by atoms with E-state index in [4.69, 9.17) is 5.84 Å². The normalized spacial score (nSPS) is 27.4. The Morgan fingerprint density at radius 1 is 1.64 bits per heavy atom. The molecule has 0 saturated carbocycles. The number of allylic oxidation sites excluding steroid dienone is 1. The summed E-state index contributed by atoms with van der Waals surface area (Å²) in [5.41, 5.74) is 2.70. The molecule has 14 heavy (non-hydrogen) atoms. The molecule has 0 aromatic heterocycles. The van der Waals surface area contributed by atoms with Crippen LogP contribution in [-0.4, -0.2) is 26.0 Å². The van der Waals surface area contributed by atoms with Gasteiger partial charge in [0.1, 0.15) is 0 Å². The summed E-state index contributed by atoms with van der Waals surface area (Å²) in [6.45, 7) is 3.64. The van der Waals surface area contributed by atoms with Gasteiger partial charge in [-0.3, -0.25) is 11.3 Å². The summed E-state index contributed by atoms with van der Waals surface area (Å²) in [6, 6.07) is 0.102. The van der Waals surface area contributed by atoms with Crippen LogP contribution in [0.3, 0.4) is 0 Å². The van der Waals surface area contributed by atoms with Gasteiger partial charge in [-0.1, -0.05) is 6.08 Å². The van der Waals surface area contributed by atoms with Gasteiger partial charge in [0.05, 0.1) is 11.5 Å². The molecule has 2 atom stereocenters. The molecule has 0 aromatic carbocycles. The molecule has 2 unspecified atom stereocenters. The molecule has 3 N–H and O–H groups in total. The van der Waals surface area contributed by atoms with Crippen molar-refractivity contribution in [1.29, 1.82) is 0 Å². The third kappa shape index (κ3) is 3.08. The molecule has 1 fully saturated rings. The molecule has 0 radical (unpaired) electrons. The van der Waals surface area contributed by atoms with Gasteiger partial charge in [-0.25, -0.2) is 8.42 Å².